The lowest BCUT2D eigenvalue weighted by atomic mass is 10.1. The Hall–Kier alpha value is -1.83. The molecule has 0 aliphatic heterocycles. The number of hydrogen-bond acceptors (Lipinski definition) is 3. The van der Waals surface area contributed by atoms with Crippen LogP contribution >= 0.6 is 35.6 Å². The van der Waals surface area contributed by atoms with Crippen molar-refractivity contribution in [1.29, 1.82) is 0 Å². The molecule has 4 nitrogen and oxygen atoms in total. The van der Waals surface area contributed by atoms with E-state index in [0.29, 0.717) is 15.9 Å². The highest BCUT2D eigenvalue weighted by Crippen LogP contribution is 2.22. The third-order valence-corrected chi connectivity index (χ3v) is 5.12. The topological polar surface area (TPSA) is 53.2 Å². The Labute approximate surface area is 166 Å². The second kappa shape index (κ2) is 9.75. The van der Waals surface area contributed by atoms with Crippen LogP contribution in [0, 0.1) is 19.7 Å². The zero-order valence-electron chi connectivity index (χ0n) is 14.4. The highest BCUT2D eigenvalue weighted by Gasteiger charge is 2.06. The lowest BCUT2D eigenvalue weighted by Gasteiger charge is -2.12. The predicted octanol–water partition coefficient (Wildman–Crippen LogP) is 4.35. The average Bonchev–Trinajstić information content (AvgIpc) is 2.58. The van der Waals surface area contributed by atoms with Crippen LogP contribution in [0.2, 0.25) is 5.02 Å². The van der Waals surface area contributed by atoms with Gasteiger partial charge < -0.3 is 5.32 Å². The molecular formula is C18H19ClFN3OS2. The van der Waals surface area contributed by atoms with Crippen molar-refractivity contribution in [3.05, 3.63) is 63.9 Å². The van der Waals surface area contributed by atoms with Gasteiger partial charge in [0.15, 0.2) is 5.11 Å². The summed E-state index contributed by atoms with van der Waals surface area (Å²) in [6.07, 6.45) is 0. The van der Waals surface area contributed by atoms with Gasteiger partial charge in [-0.2, -0.15) is 0 Å². The number of aryl methyl sites for hydroxylation is 2. The van der Waals surface area contributed by atoms with Gasteiger partial charge in [0.1, 0.15) is 5.82 Å². The van der Waals surface area contributed by atoms with Gasteiger partial charge in [-0.05, 0) is 67.0 Å². The van der Waals surface area contributed by atoms with Crippen molar-refractivity contribution in [3.63, 3.8) is 0 Å². The van der Waals surface area contributed by atoms with E-state index in [1.54, 1.807) is 6.07 Å². The number of thiocarbonyl (C=S) groups is 1. The van der Waals surface area contributed by atoms with Crippen LogP contribution < -0.4 is 16.2 Å². The number of hydrogen-bond donors (Lipinski definition) is 3. The molecule has 138 valence electrons. The number of hydrazine groups is 1. The van der Waals surface area contributed by atoms with E-state index in [2.05, 4.69) is 16.2 Å². The lowest BCUT2D eigenvalue weighted by Crippen LogP contribution is -2.44. The summed E-state index contributed by atoms with van der Waals surface area (Å²) in [5.74, 6) is 0.123. The van der Waals surface area contributed by atoms with Gasteiger partial charge in [0.05, 0.1) is 5.75 Å². The minimum Gasteiger partial charge on any atom is -0.331 e. The summed E-state index contributed by atoms with van der Waals surface area (Å²) in [5.41, 5.74) is 9.17. The van der Waals surface area contributed by atoms with Crippen LogP contribution in [0.25, 0.3) is 0 Å². The zero-order valence-corrected chi connectivity index (χ0v) is 16.7. The van der Waals surface area contributed by atoms with Gasteiger partial charge in [-0.1, -0.05) is 23.7 Å². The molecule has 0 radical (unpaired) electrons. The summed E-state index contributed by atoms with van der Waals surface area (Å²) < 4.78 is 13.0. The molecule has 0 aromatic heterocycles. The number of carbonyl (C=O) groups is 1. The number of amides is 1. The standard InChI is InChI=1S/C18H19ClFN3OS2/c1-11-3-6-15(7-12(11)2)21-18(25)23-22-17(24)10-26-9-13-4-5-14(20)8-16(13)19/h3-8H,9-10H2,1-2H3,(H,22,24)(H2,21,23,25). The van der Waals surface area contributed by atoms with E-state index in [4.69, 9.17) is 23.8 Å². The minimum atomic E-state index is -0.379. The summed E-state index contributed by atoms with van der Waals surface area (Å²) in [6.45, 7) is 4.05. The predicted molar refractivity (Wildman–Crippen MR) is 111 cm³/mol. The summed E-state index contributed by atoms with van der Waals surface area (Å²) in [6, 6.07) is 10.1. The average molecular weight is 412 g/mol. The van der Waals surface area contributed by atoms with Gasteiger partial charge in [-0.15, -0.1) is 11.8 Å². The molecule has 0 aliphatic rings. The fourth-order valence-electron chi connectivity index (χ4n) is 2.04. The Morgan fingerprint density at radius 1 is 1.15 bits per heavy atom. The number of benzene rings is 2. The van der Waals surface area contributed by atoms with Gasteiger partial charge in [0, 0.05) is 16.5 Å². The molecule has 0 spiro atoms. The van der Waals surface area contributed by atoms with Crippen molar-refractivity contribution in [2.75, 3.05) is 11.1 Å². The van der Waals surface area contributed by atoms with Crippen LogP contribution in [-0.4, -0.2) is 16.8 Å². The molecule has 8 heteroatoms. The van der Waals surface area contributed by atoms with Crippen LogP contribution in [0.1, 0.15) is 16.7 Å². The van der Waals surface area contributed by atoms with Crippen LogP contribution in [0.4, 0.5) is 10.1 Å². The van der Waals surface area contributed by atoms with Crippen molar-refractivity contribution in [2.24, 2.45) is 0 Å². The maximum atomic E-state index is 13.0. The first-order valence-electron chi connectivity index (χ1n) is 7.80. The normalized spacial score (nSPS) is 10.3. The highest BCUT2D eigenvalue weighted by atomic mass is 35.5. The monoisotopic (exact) mass is 411 g/mol. The van der Waals surface area contributed by atoms with Gasteiger partial charge in [-0.3, -0.25) is 15.6 Å². The molecule has 0 bridgehead atoms. The molecule has 0 saturated heterocycles. The van der Waals surface area contributed by atoms with E-state index in [1.807, 2.05) is 32.0 Å². The molecule has 0 saturated carbocycles. The number of halogens is 2. The molecule has 0 unspecified atom stereocenters. The lowest BCUT2D eigenvalue weighted by molar-refractivity contribution is -0.119. The van der Waals surface area contributed by atoms with Crippen molar-refractivity contribution in [3.8, 4) is 0 Å². The van der Waals surface area contributed by atoms with E-state index in [0.717, 1.165) is 16.8 Å². The second-order valence-electron chi connectivity index (χ2n) is 5.65. The Morgan fingerprint density at radius 3 is 2.62 bits per heavy atom. The highest BCUT2D eigenvalue weighted by molar-refractivity contribution is 7.99. The molecule has 2 aromatic carbocycles. The number of anilines is 1. The minimum absolute atomic E-state index is 0.215. The fourth-order valence-corrected chi connectivity index (χ4v) is 3.35. The molecule has 0 fully saturated rings. The second-order valence-corrected chi connectivity index (χ2v) is 7.46. The number of thioether (sulfide) groups is 1. The summed E-state index contributed by atoms with van der Waals surface area (Å²) in [7, 11) is 0. The number of carbonyl (C=O) groups excluding carboxylic acids is 1. The first-order chi connectivity index (χ1) is 12.3. The van der Waals surface area contributed by atoms with E-state index in [1.165, 1.54) is 29.5 Å². The Kier molecular flexibility index (Phi) is 7.68. The third kappa shape index (κ3) is 6.48. The van der Waals surface area contributed by atoms with Gasteiger partial charge >= 0.3 is 0 Å². The van der Waals surface area contributed by atoms with Crippen molar-refractivity contribution >= 4 is 52.3 Å². The number of rotatable bonds is 5. The molecule has 0 aliphatic carbocycles. The third-order valence-electron chi connectivity index (χ3n) is 3.59. The molecular weight excluding hydrogens is 393 g/mol. The summed E-state index contributed by atoms with van der Waals surface area (Å²) in [5, 5.41) is 3.66. The molecule has 3 N–H and O–H groups in total. The first kappa shape index (κ1) is 20.5. The largest absolute Gasteiger partial charge is 0.331 e. The van der Waals surface area contributed by atoms with Crippen molar-refractivity contribution in [1.82, 2.24) is 10.9 Å². The molecule has 26 heavy (non-hydrogen) atoms. The van der Waals surface area contributed by atoms with E-state index in [-0.39, 0.29) is 17.5 Å². The van der Waals surface area contributed by atoms with Gasteiger partial charge in [0.2, 0.25) is 5.91 Å². The van der Waals surface area contributed by atoms with Gasteiger partial charge in [-0.25, -0.2) is 4.39 Å². The maximum absolute atomic E-state index is 13.0. The van der Waals surface area contributed by atoms with Crippen LogP contribution in [0.3, 0.4) is 0 Å². The Morgan fingerprint density at radius 2 is 1.92 bits per heavy atom. The van der Waals surface area contributed by atoms with Crippen LogP contribution in [-0.2, 0) is 10.5 Å². The summed E-state index contributed by atoms with van der Waals surface area (Å²) >= 11 is 12.5. The van der Waals surface area contributed by atoms with Crippen molar-refractivity contribution in [2.45, 2.75) is 19.6 Å². The maximum Gasteiger partial charge on any atom is 0.248 e. The van der Waals surface area contributed by atoms with Crippen LogP contribution in [0.5, 0.6) is 0 Å². The Balaban J connectivity index is 1.70. The molecule has 0 heterocycles. The smallest absolute Gasteiger partial charge is 0.248 e. The number of nitrogens with one attached hydrogen (secondary N) is 3. The molecule has 2 aromatic rings. The van der Waals surface area contributed by atoms with Gasteiger partial charge in [0.25, 0.3) is 0 Å². The fraction of sp³-hybridized carbons (Fsp3) is 0.222. The van der Waals surface area contributed by atoms with E-state index >= 15 is 0 Å². The molecule has 2 rings (SSSR count). The molecule has 0 atom stereocenters. The Bertz CT molecular complexity index is 817. The van der Waals surface area contributed by atoms with E-state index in [9.17, 15) is 9.18 Å². The first-order valence-corrected chi connectivity index (χ1v) is 9.74. The van der Waals surface area contributed by atoms with Crippen molar-refractivity contribution < 1.29 is 9.18 Å². The van der Waals surface area contributed by atoms with Crippen LogP contribution in [0.15, 0.2) is 36.4 Å². The zero-order chi connectivity index (χ0) is 19.1. The molecule has 1 amide bonds. The quantitative estimate of drug-likeness (QED) is 0.504. The van der Waals surface area contributed by atoms with E-state index < -0.39 is 0 Å². The SMILES string of the molecule is Cc1ccc(NC(=S)NNC(=O)CSCc2ccc(F)cc2Cl)cc1C. The summed E-state index contributed by atoms with van der Waals surface area (Å²) in [4.78, 5) is 11.9.